The van der Waals surface area contributed by atoms with Crippen LogP contribution >= 0.6 is 0 Å². The first-order chi connectivity index (χ1) is 9.19. The van der Waals surface area contributed by atoms with Crippen LogP contribution in [-0.4, -0.2) is 21.5 Å². The monoisotopic (exact) mass is 256 g/mol. The molecule has 0 saturated heterocycles. The average molecular weight is 256 g/mol. The second-order valence-electron chi connectivity index (χ2n) is 4.62. The lowest BCUT2D eigenvalue weighted by Crippen LogP contribution is -2.09. The van der Waals surface area contributed by atoms with Crippen LogP contribution in [0.15, 0.2) is 24.5 Å². The van der Waals surface area contributed by atoms with Gasteiger partial charge in [-0.25, -0.2) is 9.97 Å². The van der Waals surface area contributed by atoms with Crippen LogP contribution in [0.1, 0.15) is 29.6 Å². The molecule has 2 aromatic rings. The molecule has 0 aliphatic rings. The van der Waals surface area contributed by atoms with E-state index in [1.165, 1.54) is 11.1 Å². The highest BCUT2D eigenvalue weighted by molar-refractivity contribution is 5.36. The Balaban J connectivity index is 1.96. The van der Waals surface area contributed by atoms with Crippen LogP contribution in [0.25, 0.3) is 0 Å². The van der Waals surface area contributed by atoms with Crippen molar-refractivity contribution in [1.29, 1.82) is 0 Å². The molecule has 0 aliphatic heterocycles. The Hall–Kier alpha value is -1.97. The van der Waals surface area contributed by atoms with Gasteiger partial charge in [-0.1, -0.05) is 6.92 Å². The van der Waals surface area contributed by atoms with E-state index >= 15 is 0 Å². The lowest BCUT2D eigenvalue weighted by molar-refractivity contribution is 0.929. The van der Waals surface area contributed by atoms with Gasteiger partial charge < -0.3 is 5.32 Å². The van der Waals surface area contributed by atoms with E-state index in [4.69, 9.17) is 0 Å². The molecule has 0 amide bonds. The van der Waals surface area contributed by atoms with E-state index in [-0.39, 0.29) is 0 Å². The quantitative estimate of drug-likeness (QED) is 0.893. The first-order valence-corrected chi connectivity index (χ1v) is 6.67. The molecule has 2 rings (SSSR count). The van der Waals surface area contributed by atoms with Gasteiger partial charge in [-0.05, 0) is 43.9 Å². The maximum atomic E-state index is 4.40. The van der Waals surface area contributed by atoms with Gasteiger partial charge in [0, 0.05) is 30.7 Å². The second-order valence-corrected chi connectivity index (χ2v) is 4.62. The van der Waals surface area contributed by atoms with Gasteiger partial charge in [0.25, 0.3) is 0 Å². The standard InChI is InChI=1S/C15H20N4/c1-4-14-9-15(19-12(3)18-14)17-8-6-13-5-7-16-10-11(13)2/h5,7,9-10H,4,6,8H2,1-3H3,(H,17,18,19). The highest BCUT2D eigenvalue weighted by Gasteiger charge is 2.01. The molecule has 4 nitrogen and oxygen atoms in total. The van der Waals surface area contributed by atoms with Crippen LogP contribution in [-0.2, 0) is 12.8 Å². The molecule has 1 N–H and O–H groups in total. The normalized spacial score (nSPS) is 10.5. The Kier molecular flexibility index (Phi) is 4.44. The summed E-state index contributed by atoms with van der Waals surface area (Å²) in [5, 5.41) is 3.36. The summed E-state index contributed by atoms with van der Waals surface area (Å²) in [5.74, 6) is 1.73. The molecule has 0 atom stereocenters. The lowest BCUT2D eigenvalue weighted by atomic mass is 10.1. The van der Waals surface area contributed by atoms with Crippen molar-refractivity contribution < 1.29 is 0 Å². The van der Waals surface area contributed by atoms with Crippen molar-refractivity contribution in [2.24, 2.45) is 0 Å². The van der Waals surface area contributed by atoms with Gasteiger partial charge in [0.2, 0.25) is 0 Å². The smallest absolute Gasteiger partial charge is 0.129 e. The number of aromatic nitrogens is 3. The van der Waals surface area contributed by atoms with Gasteiger partial charge in [0.05, 0.1) is 0 Å². The molecule has 0 fully saturated rings. The van der Waals surface area contributed by atoms with Crippen LogP contribution in [0, 0.1) is 13.8 Å². The fraction of sp³-hybridized carbons (Fsp3) is 0.400. The number of nitrogens with one attached hydrogen (secondary N) is 1. The van der Waals surface area contributed by atoms with Crippen LogP contribution in [0.4, 0.5) is 5.82 Å². The number of aryl methyl sites for hydroxylation is 3. The molecule has 0 saturated carbocycles. The Morgan fingerprint density at radius 2 is 2.05 bits per heavy atom. The summed E-state index contributed by atoms with van der Waals surface area (Å²) < 4.78 is 0. The zero-order valence-electron chi connectivity index (χ0n) is 11.8. The van der Waals surface area contributed by atoms with Crippen molar-refractivity contribution in [3.63, 3.8) is 0 Å². The molecule has 0 bridgehead atoms. The molecule has 0 aromatic carbocycles. The van der Waals surface area contributed by atoms with Gasteiger partial charge in [0.1, 0.15) is 11.6 Å². The Morgan fingerprint density at radius 3 is 2.79 bits per heavy atom. The van der Waals surface area contributed by atoms with Crippen molar-refractivity contribution >= 4 is 5.82 Å². The molecular formula is C15H20N4. The summed E-state index contributed by atoms with van der Waals surface area (Å²) in [4.78, 5) is 12.9. The first kappa shape index (κ1) is 13.5. The van der Waals surface area contributed by atoms with E-state index in [1.54, 1.807) is 0 Å². The number of anilines is 1. The largest absolute Gasteiger partial charge is 0.370 e. The predicted octanol–water partition coefficient (Wildman–Crippen LogP) is 2.71. The Labute approximate surface area is 114 Å². The first-order valence-electron chi connectivity index (χ1n) is 6.67. The summed E-state index contributed by atoms with van der Waals surface area (Å²) in [5.41, 5.74) is 3.64. The SMILES string of the molecule is CCc1cc(NCCc2ccncc2C)nc(C)n1. The number of hydrogen-bond donors (Lipinski definition) is 1. The number of rotatable bonds is 5. The van der Waals surface area contributed by atoms with E-state index < -0.39 is 0 Å². The summed E-state index contributed by atoms with van der Waals surface area (Å²) in [6.07, 6.45) is 5.64. The minimum Gasteiger partial charge on any atom is -0.370 e. The number of hydrogen-bond acceptors (Lipinski definition) is 4. The predicted molar refractivity (Wildman–Crippen MR) is 77.3 cm³/mol. The molecule has 0 spiro atoms. The van der Waals surface area contributed by atoms with Crippen molar-refractivity contribution in [1.82, 2.24) is 15.0 Å². The van der Waals surface area contributed by atoms with E-state index in [2.05, 4.69) is 40.2 Å². The summed E-state index contributed by atoms with van der Waals surface area (Å²) in [6.45, 7) is 6.99. The van der Waals surface area contributed by atoms with Crippen molar-refractivity contribution in [3.05, 3.63) is 47.2 Å². The maximum absolute atomic E-state index is 4.40. The van der Waals surface area contributed by atoms with E-state index in [1.807, 2.05) is 25.4 Å². The van der Waals surface area contributed by atoms with Crippen LogP contribution < -0.4 is 5.32 Å². The molecular weight excluding hydrogens is 236 g/mol. The minimum absolute atomic E-state index is 0.821. The van der Waals surface area contributed by atoms with Gasteiger partial charge in [0.15, 0.2) is 0 Å². The van der Waals surface area contributed by atoms with E-state index in [0.717, 1.165) is 36.7 Å². The highest BCUT2D eigenvalue weighted by Crippen LogP contribution is 2.09. The summed E-state index contributed by atoms with van der Waals surface area (Å²) in [6, 6.07) is 4.09. The molecule has 100 valence electrons. The molecule has 0 radical (unpaired) electrons. The molecule has 4 heteroatoms. The molecule has 2 aromatic heterocycles. The van der Waals surface area contributed by atoms with Crippen molar-refractivity contribution in [2.45, 2.75) is 33.6 Å². The van der Waals surface area contributed by atoms with Crippen LogP contribution in [0.2, 0.25) is 0 Å². The fourth-order valence-electron chi connectivity index (χ4n) is 2.01. The molecule has 0 aliphatic carbocycles. The van der Waals surface area contributed by atoms with Crippen molar-refractivity contribution in [2.75, 3.05) is 11.9 Å². The number of pyridine rings is 1. The Bertz CT molecular complexity index is 552. The average Bonchev–Trinajstić information content (AvgIpc) is 2.40. The molecule has 0 unspecified atom stereocenters. The second kappa shape index (κ2) is 6.27. The van der Waals surface area contributed by atoms with Gasteiger partial charge in [-0.3, -0.25) is 4.98 Å². The topological polar surface area (TPSA) is 50.7 Å². The van der Waals surface area contributed by atoms with Gasteiger partial charge >= 0.3 is 0 Å². The number of nitrogens with zero attached hydrogens (tertiary/aromatic N) is 3. The fourth-order valence-corrected chi connectivity index (χ4v) is 2.01. The highest BCUT2D eigenvalue weighted by atomic mass is 15.0. The Morgan fingerprint density at radius 1 is 1.21 bits per heavy atom. The summed E-state index contributed by atoms with van der Waals surface area (Å²) in [7, 11) is 0. The minimum atomic E-state index is 0.821. The van der Waals surface area contributed by atoms with Crippen LogP contribution in [0.3, 0.4) is 0 Å². The van der Waals surface area contributed by atoms with Gasteiger partial charge in [-0.15, -0.1) is 0 Å². The zero-order chi connectivity index (χ0) is 13.7. The summed E-state index contributed by atoms with van der Waals surface area (Å²) >= 11 is 0. The zero-order valence-corrected chi connectivity index (χ0v) is 11.8. The third kappa shape index (κ3) is 3.74. The van der Waals surface area contributed by atoms with Gasteiger partial charge in [-0.2, -0.15) is 0 Å². The molecule has 19 heavy (non-hydrogen) atoms. The van der Waals surface area contributed by atoms with Crippen LogP contribution in [0.5, 0.6) is 0 Å². The third-order valence-electron chi connectivity index (χ3n) is 3.09. The lowest BCUT2D eigenvalue weighted by Gasteiger charge is -2.09. The third-order valence-corrected chi connectivity index (χ3v) is 3.09. The van der Waals surface area contributed by atoms with E-state index in [0.29, 0.717) is 0 Å². The molecule has 2 heterocycles. The maximum Gasteiger partial charge on any atom is 0.129 e. The van der Waals surface area contributed by atoms with E-state index in [9.17, 15) is 0 Å². The van der Waals surface area contributed by atoms with Crippen molar-refractivity contribution in [3.8, 4) is 0 Å².